The third kappa shape index (κ3) is 2.37. The maximum absolute atomic E-state index is 5.52. The van der Waals surface area contributed by atoms with Crippen LogP contribution >= 0.6 is 0 Å². The van der Waals surface area contributed by atoms with Crippen LogP contribution in [0.1, 0.15) is 30.9 Å². The third-order valence-electron chi connectivity index (χ3n) is 2.28. The van der Waals surface area contributed by atoms with Crippen molar-refractivity contribution in [2.24, 2.45) is 5.92 Å². The van der Waals surface area contributed by atoms with E-state index in [1.54, 1.807) is 0 Å². The summed E-state index contributed by atoms with van der Waals surface area (Å²) in [5, 5.41) is 0. The van der Waals surface area contributed by atoms with Crippen LogP contribution in [0.25, 0.3) is 0 Å². The molecule has 1 aromatic heterocycles. The molecular weight excluding hydrogens is 164 g/mol. The monoisotopic (exact) mass is 178 g/mol. The van der Waals surface area contributed by atoms with Gasteiger partial charge in [-0.05, 0) is 19.3 Å². The normalized spacial score (nSPS) is 16.1. The van der Waals surface area contributed by atoms with Gasteiger partial charge in [0.1, 0.15) is 11.6 Å². The highest BCUT2D eigenvalue weighted by molar-refractivity contribution is 5.15. The van der Waals surface area contributed by atoms with Gasteiger partial charge in [0, 0.05) is 6.42 Å². The average molecular weight is 178 g/mol. The molecule has 1 fully saturated rings. The number of hydrogen-bond acceptors (Lipinski definition) is 4. The van der Waals surface area contributed by atoms with Gasteiger partial charge < -0.3 is 5.73 Å². The minimum absolute atomic E-state index is 0.346. The lowest BCUT2D eigenvalue weighted by molar-refractivity contribution is 0.690. The van der Waals surface area contributed by atoms with Gasteiger partial charge in [0.05, 0.1) is 0 Å². The molecule has 0 radical (unpaired) electrons. The van der Waals surface area contributed by atoms with Crippen LogP contribution in [0.4, 0.5) is 5.95 Å². The van der Waals surface area contributed by atoms with Gasteiger partial charge in [0.15, 0.2) is 0 Å². The Morgan fingerprint density at radius 2 is 2.08 bits per heavy atom. The van der Waals surface area contributed by atoms with Crippen LogP contribution in [0.15, 0.2) is 0 Å². The van der Waals surface area contributed by atoms with Gasteiger partial charge in [-0.25, -0.2) is 4.98 Å². The molecule has 4 heteroatoms. The molecular formula is C9H14N4. The van der Waals surface area contributed by atoms with E-state index in [0.717, 1.165) is 24.0 Å². The smallest absolute Gasteiger partial charge is 0.223 e. The van der Waals surface area contributed by atoms with Gasteiger partial charge in [-0.15, -0.1) is 0 Å². The van der Waals surface area contributed by atoms with Crippen LogP contribution in [0, 0.1) is 12.8 Å². The van der Waals surface area contributed by atoms with E-state index < -0.39 is 0 Å². The summed E-state index contributed by atoms with van der Waals surface area (Å²) in [5.41, 5.74) is 5.52. The summed E-state index contributed by atoms with van der Waals surface area (Å²) in [5.74, 6) is 2.83. The van der Waals surface area contributed by atoms with Gasteiger partial charge in [-0.2, -0.15) is 9.97 Å². The first-order valence-corrected chi connectivity index (χ1v) is 4.71. The summed E-state index contributed by atoms with van der Waals surface area (Å²) < 4.78 is 0. The number of nitrogen functional groups attached to an aromatic ring is 1. The predicted octanol–water partition coefficient (Wildman–Crippen LogP) is 1.10. The van der Waals surface area contributed by atoms with Gasteiger partial charge in [0.25, 0.3) is 0 Å². The van der Waals surface area contributed by atoms with Crippen molar-refractivity contribution >= 4 is 5.95 Å². The van der Waals surface area contributed by atoms with Crippen molar-refractivity contribution in [1.82, 2.24) is 15.0 Å². The molecule has 1 aliphatic carbocycles. The van der Waals surface area contributed by atoms with Crippen molar-refractivity contribution in [3.63, 3.8) is 0 Å². The molecule has 70 valence electrons. The minimum atomic E-state index is 0.346. The van der Waals surface area contributed by atoms with E-state index in [-0.39, 0.29) is 0 Å². The Labute approximate surface area is 77.6 Å². The Hall–Kier alpha value is -1.19. The van der Waals surface area contributed by atoms with Crippen LogP contribution in [0.5, 0.6) is 0 Å². The third-order valence-corrected chi connectivity index (χ3v) is 2.28. The molecule has 2 N–H and O–H groups in total. The highest BCUT2D eigenvalue weighted by Gasteiger charge is 2.21. The lowest BCUT2D eigenvalue weighted by atomic mass is 10.2. The lowest BCUT2D eigenvalue weighted by Crippen LogP contribution is -2.05. The van der Waals surface area contributed by atoms with E-state index in [0.29, 0.717) is 5.95 Å². The Morgan fingerprint density at radius 3 is 2.69 bits per heavy atom. The van der Waals surface area contributed by atoms with Crippen LogP contribution < -0.4 is 5.73 Å². The molecule has 1 aromatic rings. The van der Waals surface area contributed by atoms with Crippen LogP contribution in [-0.4, -0.2) is 15.0 Å². The average Bonchev–Trinajstić information content (AvgIpc) is 2.81. The molecule has 0 aliphatic heterocycles. The zero-order valence-electron chi connectivity index (χ0n) is 7.82. The molecule has 0 aromatic carbocycles. The molecule has 0 bridgehead atoms. The van der Waals surface area contributed by atoms with Gasteiger partial charge in [0.2, 0.25) is 5.95 Å². The number of rotatable bonds is 3. The van der Waals surface area contributed by atoms with Crippen molar-refractivity contribution < 1.29 is 0 Å². The van der Waals surface area contributed by atoms with Gasteiger partial charge >= 0.3 is 0 Å². The van der Waals surface area contributed by atoms with Crippen molar-refractivity contribution in [2.45, 2.75) is 32.6 Å². The van der Waals surface area contributed by atoms with Crippen molar-refractivity contribution in [3.8, 4) is 0 Å². The molecule has 0 saturated heterocycles. The van der Waals surface area contributed by atoms with Crippen LogP contribution in [0.2, 0.25) is 0 Å². The molecule has 13 heavy (non-hydrogen) atoms. The Bertz CT molecular complexity index is 286. The van der Waals surface area contributed by atoms with Crippen molar-refractivity contribution in [2.75, 3.05) is 5.73 Å². The lowest BCUT2D eigenvalue weighted by Gasteiger charge is -2.00. The fourth-order valence-electron chi connectivity index (χ4n) is 1.41. The summed E-state index contributed by atoms with van der Waals surface area (Å²) >= 11 is 0. The van der Waals surface area contributed by atoms with E-state index in [1.165, 1.54) is 19.3 Å². The fraction of sp³-hybridized carbons (Fsp3) is 0.667. The Kier molecular flexibility index (Phi) is 2.12. The first-order chi connectivity index (χ1) is 6.24. The van der Waals surface area contributed by atoms with E-state index in [4.69, 9.17) is 5.73 Å². The molecule has 0 amide bonds. The zero-order valence-corrected chi connectivity index (χ0v) is 7.82. The van der Waals surface area contributed by atoms with E-state index >= 15 is 0 Å². The molecule has 1 heterocycles. The number of nitrogens with two attached hydrogens (primary N) is 1. The minimum Gasteiger partial charge on any atom is -0.368 e. The summed E-state index contributed by atoms with van der Waals surface area (Å²) in [6.07, 6.45) is 4.89. The standard InChI is InChI=1S/C9H14N4/c1-6-11-8(13-9(10)12-6)5-4-7-2-3-7/h7H,2-5H2,1H3,(H2,10,11,12,13). The maximum Gasteiger partial charge on any atom is 0.223 e. The fourth-order valence-corrected chi connectivity index (χ4v) is 1.41. The first-order valence-electron chi connectivity index (χ1n) is 4.71. The van der Waals surface area contributed by atoms with Crippen molar-refractivity contribution in [3.05, 3.63) is 11.6 Å². The second kappa shape index (κ2) is 3.28. The molecule has 0 spiro atoms. The maximum atomic E-state index is 5.52. The highest BCUT2D eigenvalue weighted by atomic mass is 15.1. The van der Waals surface area contributed by atoms with Crippen LogP contribution in [-0.2, 0) is 6.42 Å². The highest BCUT2D eigenvalue weighted by Crippen LogP contribution is 2.33. The van der Waals surface area contributed by atoms with Gasteiger partial charge in [-0.3, -0.25) is 0 Å². The summed E-state index contributed by atoms with van der Waals surface area (Å²) in [7, 11) is 0. The topological polar surface area (TPSA) is 64.7 Å². The second-order valence-corrected chi connectivity index (χ2v) is 3.64. The number of aromatic nitrogens is 3. The zero-order chi connectivity index (χ0) is 9.26. The molecule has 4 nitrogen and oxygen atoms in total. The molecule has 2 rings (SSSR count). The van der Waals surface area contributed by atoms with Gasteiger partial charge in [-0.1, -0.05) is 12.8 Å². The Balaban J connectivity index is 2.01. The molecule has 0 atom stereocenters. The van der Waals surface area contributed by atoms with E-state index in [2.05, 4.69) is 15.0 Å². The van der Waals surface area contributed by atoms with E-state index in [1.807, 2.05) is 6.92 Å². The predicted molar refractivity (Wildman–Crippen MR) is 50.0 cm³/mol. The number of nitrogens with zero attached hydrogens (tertiary/aromatic N) is 3. The Morgan fingerprint density at radius 1 is 1.31 bits per heavy atom. The SMILES string of the molecule is Cc1nc(N)nc(CCC2CC2)n1. The number of anilines is 1. The summed E-state index contributed by atoms with van der Waals surface area (Å²) in [6.45, 7) is 1.85. The first kappa shape index (κ1) is 8.41. The largest absolute Gasteiger partial charge is 0.368 e. The quantitative estimate of drug-likeness (QED) is 0.752. The number of aryl methyl sites for hydroxylation is 2. The van der Waals surface area contributed by atoms with E-state index in [9.17, 15) is 0 Å². The van der Waals surface area contributed by atoms with Crippen LogP contribution in [0.3, 0.4) is 0 Å². The van der Waals surface area contributed by atoms with Crippen molar-refractivity contribution in [1.29, 1.82) is 0 Å². The second-order valence-electron chi connectivity index (χ2n) is 3.64. The summed E-state index contributed by atoms with van der Waals surface area (Å²) in [4.78, 5) is 12.3. The number of hydrogen-bond donors (Lipinski definition) is 1. The summed E-state index contributed by atoms with van der Waals surface area (Å²) in [6, 6.07) is 0. The molecule has 1 saturated carbocycles. The molecule has 0 unspecified atom stereocenters. The molecule has 1 aliphatic rings.